The van der Waals surface area contributed by atoms with E-state index in [2.05, 4.69) is 29.8 Å². The van der Waals surface area contributed by atoms with Crippen molar-refractivity contribution in [3.05, 3.63) is 58.3 Å². The lowest BCUT2D eigenvalue weighted by molar-refractivity contribution is 0.0537. The predicted octanol–water partition coefficient (Wildman–Crippen LogP) is 3.70. The first-order valence-corrected chi connectivity index (χ1v) is 7.56. The van der Waals surface area contributed by atoms with Crippen molar-refractivity contribution >= 4 is 11.3 Å². The van der Waals surface area contributed by atoms with Crippen molar-refractivity contribution in [1.29, 1.82) is 0 Å². The molecule has 2 N–H and O–H groups in total. The van der Waals surface area contributed by atoms with Crippen LogP contribution >= 0.6 is 11.3 Å². The number of hydrogen-bond acceptors (Lipinski definition) is 3. The van der Waals surface area contributed by atoms with Gasteiger partial charge in [-0.1, -0.05) is 43.3 Å². The van der Waals surface area contributed by atoms with Gasteiger partial charge in [-0.15, -0.1) is 11.3 Å². The number of rotatable bonds is 6. The van der Waals surface area contributed by atoms with Crippen LogP contribution in [0.5, 0.6) is 0 Å². The van der Waals surface area contributed by atoms with Crippen molar-refractivity contribution in [1.82, 2.24) is 5.32 Å². The minimum atomic E-state index is -0.841. The second kappa shape index (κ2) is 6.33. The second-order valence-electron chi connectivity index (χ2n) is 5.00. The van der Waals surface area contributed by atoms with E-state index in [1.54, 1.807) is 11.3 Å². The van der Waals surface area contributed by atoms with Crippen LogP contribution in [-0.4, -0.2) is 11.7 Å². The maximum Gasteiger partial charge on any atom is 0.0992 e. The second-order valence-corrected chi connectivity index (χ2v) is 5.98. The fourth-order valence-electron chi connectivity index (χ4n) is 2.16. The van der Waals surface area contributed by atoms with E-state index in [4.69, 9.17) is 0 Å². The van der Waals surface area contributed by atoms with Crippen molar-refractivity contribution in [2.75, 3.05) is 6.54 Å². The van der Waals surface area contributed by atoms with Crippen LogP contribution in [0.1, 0.15) is 36.8 Å². The Bertz CT molecular complexity index is 479. The normalized spacial score (nSPS) is 15.9. The summed E-state index contributed by atoms with van der Waals surface area (Å²) >= 11 is 1.76. The molecule has 0 spiro atoms. The summed E-state index contributed by atoms with van der Waals surface area (Å²) in [7, 11) is 0. The number of benzene rings is 1. The van der Waals surface area contributed by atoms with Gasteiger partial charge in [0.05, 0.1) is 5.60 Å². The molecule has 0 saturated carbocycles. The third kappa shape index (κ3) is 3.66. The Labute approximate surface area is 119 Å². The molecule has 0 saturated heterocycles. The van der Waals surface area contributed by atoms with Gasteiger partial charge in [-0.25, -0.2) is 0 Å². The van der Waals surface area contributed by atoms with Gasteiger partial charge in [0.1, 0.15) is 0 Å². The van der Waals surface area contributed by atoms with Crippen LogP contribution in [-0.2, 0) is 5.60 Å². The van der Waals surface area contributed by atoms with Crippen LogP contribution in [0.3, 0.4) is 0 Å². The Kier molecular flexibility index (Phi) is 4.75. The molecule has 0 aliphatic heterocycles. The maximum absolute atomic E-state index is 10.6. The zero-order chi connectivity index (χ0) is 13.7. The van der Waals surface area contributed by atoms with Crippen LogP contribution < -0.4 is 5.32 Å². The first-order valence-electron chi connectivity index (χ1n) is 6.68. The average Bonchev–Trinajstić information content (AvgIpc) is 2.94. The topological polar surface area (TPSA) is 32.3 Å². The van der Waals surface area contributed by atoms with E-state index in [-0.39, 0.29) is 0 Å². The molecule has 19 heavy (non-hydrogen) atoms. The van der Waals surface area contributed by atoms with Gasteiger partial charge in [0.2, 0.25) is 0 Å². The van der Waals surface area contributed by atoms with Gasteiger partial charge < -0.3 is 10.4 Å². The van der Waals surface area contributed by atoms with Gasteiger partial charge in [0, 0.05) is 17.5 Å². The zero-order valence-corrected chi connectivity index (χ0v) is 12.3. The maximum atomic E-state index is 10.6. The molecule has 1 aromatic carbocycles. The number of hydrogen-bond donors (Lipinski definition) is 2. The molecule has 2 aromatic rings. The fraction of sp³-hybridized carbons (Fsp3) is 0.375. The van der Waals surface area contributed by atoms with Crippen molar-refractivity contribution in [2.24, 2.45) is 0 Å². The summed E-state index contributed by atoms with van der Waals surface area (Å²) in [6.07, 6.45) is 1.02. The molecular weight excluding hydrogens is 254 g/mol. The average molecular weight is 275 g/mol. The molecule has 0 bridgehead atoms. The van der Waals surface area contributed by atoms with Crippen molar-refractivity contribution < 1.29 is 5.11 Å². The minimum Gasteiger partial charge on any atom is -0.384 e. The highest BCUT2D eigenvalue weighted by atomic mass is 32.1. The molecule has 2 rings (SSSR count). The van der Waals surface area contributed by atoms with E-state index < -0.39 is 5.60 Å². The molecule has 1 aromatic heterocycles. The highest BCUT2D eigenvalue weighted by Gasteiger charge is 2.24. The monoisotopic (exact) mass is 275 g/mol. The lowest BCUT2D eigenvalue weighted by Crippen LogP contribution is -2.37. The summed E-state index contributed by atoms with van der Waals surface area (Å²) < 4.78 is 0. The van der Waals surface area contributed by atoms with Crippen molar-refractivity contribution in [3.8, 4) is 0 Å². The van der Waals surface area contributed by atoms with Gasteiger partial charge in [-0.05, 0) is 30.4 Å². The number of nitrogens with one attached hydrogen (secondary N) is 1. The number of thiophene rings is 1. The van der Waals surface area contributed by atoms with E-state index in [1.807, 2.05) is 37.3 Å². The van der Waals surface area contributed by atoms with E-state index in [0.29, 0.717) is 12.6 Å². The van der Waals surface area contributed by atoms with Crippen LogP contribution in [0.2, 0.25) is 0 Å². The van der Waals surface area contributed by atoms with E-state index in [1.165, 1.54) is 4.88 Å². The highest BCUT2D eigenvalue weighted by Crippen LogP contribution is 2.24. The Morgan fingerprint density at radius 2 is 1.95 bits per heavy atom. The molecule has 3 heteroatoms. The first-order chi connectivity index (χ1) is 9.13. The highest BCUT2D eigenvalue weighted by molar-refractivity contribution is 7.10. The molecule has 0 fully saturated rings. The first kappa shape index (κ1) is 14.3. The standard InChI is InChI=1S/C16H21NOS/c1-3-14(15-10-7-11-19-15)17-12-16(2,18)13-8-5-4-6-9-13/h4-11,14,17-18H,3,12H2,1-2H3. The van der Waals surface area contributed by atoms with E-state index in [0.717, 1.165) is 12.0 Å². The molecule has 2 nitrogen and oxygen atoms in total. The quantitative estimate of drug-likeness (QED) is 0.842. The third-order valence-electron chi connectivity index (χ3n) is 3.38. The lowest BCUT2D eigenvalue weighted by Gasteiger charge is -2.27. The smallest absolute Gasteiger partial charge is 0.0992 e. The Morgan fingerprint density at radius 3 is 2.53 bits per heavy atom. The van der Waals surface area contributed by atoms with E-state index in [9.17, 15) is 5.11 Å². The fourth-order valence-corrected chi connectivity index (χ4v) is 3.04. The van der Waals surface area contributed by atoms with Crippen LogP contribution in [0.25, 0.3) is 0 Å². The number of aliphatic hydroxyl groups is 1. The van der Waals surface area contributed by atoms with Crippen molar-refractivity contribution in [3.63, 3.8) is 0 Å². The Hall–Kier alpha value is -1.16. The zero-order valence-electron chi connectivity index (χ0n) is 11.5. The molecule has 2 unspecified atom stereocenters. The molecule has 0 aliphatic rings. The van der Waals surface area contributed by atoms with Crippen molar-refractivity contribution in [2.45, 2.75) is 31.9 Å². The third-order valence-corrected chi connectivity index (χ3v) is 4.37. The molecule has 0 aliphatic carbocycles. The summed E-state index contributed by atoms with van der Waals surface area (Å²) in [5.41, 5.74) is 0.106. The molecule has 2 atom stereocenters. The summed E-state index contributed by atoms with van der Waals surface area (Å²) in [6, 6.07) is 14.3. The Balaban J connectivity index is 2.01. The SMILES string of the molecule is CCC(NCC(C)(O)c1ccccc1)c1cccs1. The van der Waals surface area contributed by atoms with Crippen LogP contribution in [0.15, 0.2) is 47.8 Å². The molecule has 102 valence electrons. The summed E-state index contributed by atoms with van der Waals surface area (Å²) in [6.45, 7) is 4.57. The Morgan fingerprint density at radius 1 is 1.21 bits per heavy atom. The van der Waals surface area contributed by atoms with Crippen LogP contribution in [0.4, 0.5) is 0 Å². The lowest BCUT2D eigenvalue weighted by atomic mass is 9.95. The molecule has 0 amide bonds. The van der Waals surface area contributed by atoms with Gasteiger partial charge in [-0.3, -0.25) is 0 Å². The van der Waals surface area contributed by atoms with Gasteiger partial charge in [-0.2, -0.15) is 0 Å². The summed E-state index contributed by atoms with van der Waals surface area (Å²) in [5.74, 6) is 0. The van der Waals surface area contributed by atoms with Crippen LogP contribution in [0, 0.1) is 0 Å². The predicted molar refractivity (Wildman–Crippen MR) is 81.4 cm³/mol. The minimum absolute atomic E-state index is 0.315. The van der Waals surface area contributed by atoms with Gasteiger partial charge in [0.25, 0.3) is 0 Å². The summed E-state index contributed by atoms with van der Waals surface area (Å²) in [5, 5.41) is 16.1. The molecule has 0 radical (unpaired) electrons. The largest absolute Gasteiger partial charge is 0.384 e. The molecule has 1 heterocycles. The van der Waals surface area contributed by atoms with Gasteiger partial charge in [0.15, 0.2) is 0 Å². The summed E-state index contributed by atoms with van der Waals surface area (Å²) in [4.78, 5) is 1.33. The van der Waals surface area contributed by atoms with Gasteiger partial charge >= 0.3 is 0 Å². The van der Waals surface area contributed by atoms with E-state index >= 15 is 0 Å². The molecular formula is C16H21NOS.